The highest BCUT2D eigenvalue weighted by atomic mass is 32.1. The number of hydrogen-bond donors (Lipinski definition) is 8. The number of amides is 4. The topological polar surface area (TPSA) is 217 Å². The van der Waals surface area contributed by atoms with Gasteiger partial charge in [-0.05, 0) is 30.6 Å². The first kappa shape index (κ1) is 36.1. The van der Waals surface area contributed by atoms with Crippen LogP contribution in [0.3, 0.4) is 0 Å². The Morgan fingerprint density at radius 1 is 0.769 bits per heavy atom. The SMILES string of the molecule is CC[C@H](C)[C@H](NC(=O)[C@H](CS)NC(=O)[C@H](CC(C)C)NC(=O)[C@@H](N)C(C)C)C(=O)N[C@@H](CCC(=O)O)C(=O)O. The van der Waals surface area contributed by atoms with Crippen LogP contribution in [0.5, 0.6) is 0 Å². The Morgan fingerprint density at radius 3 is 1.72 bits per heavy atom. The first-order valence-corrected chi connectivity index (χ1v) is 13.7. The Morgan fingerprint density at radius 2 is 1.28 bits per heavy atom. The van der Waals surface area contributed by atoms with E-state index in [1.54, 1.807) is 27.7 Å². The van der Waals surface area contributed by atoms with Crippen LogP contribution >= 0.6 is 12.6 Å². The third-order valence-corrected chi connectivity index (χ3v) is 6.60. The van der Waals surface area contributed by atoms with Crippen molar-refractivity contribution in [2.75, 3.05) is 5.75 Å². The van der Waals surface area contributed by atoms with Crippen molar-refractivity contribution in [2.24, 2.45) is 23.5 Å². The molecule has 224 valence electrons. The van der Waals surface area contributed by atoms with Crippen LogP contribution in [0, 0.1) is 17.8 Å². The second-order valence-corrected chi connectivity index (χ2v) is 10.8. The van der Waals surface area contributed by atoms with E-state index >= 15 is 0 Å². The molecule has 0 spiro atoms. The molecule has 0 aromatic rings. The number of aliphatic carboxylic acids is 2. The first-order chi connectivity index (χ1) is 18.0. The molecule has 0 saturated heterocycles. The number of nitrogens with two attached hydrogens (primary N) is 1. The van der Waals surface area contributed by atoms with Crippen molar-refractivity contribution >= 4 is 48.2 Å². The molecule has 39 heavy (non-hydrogen) atoms. The van der Waals surface area contributed by atoms with Gasteiger partial charge >= 0.3 is 11.9 Å². The fourth-order valence-electron chi connectivity index (χ4n) is 3.48. The summed E-state index contributed by atoms with van der Waals surface area (Å²) in [6, 6.07) is -5.58. The van der Waals surface area contributed by atoms with E-state index in [0.29, 0.717) is 6.42 Å². The summed E-state index contributed by atoms with van der Waals surface area (Å²) < 4.78 is 0. The lowest BCUT2D eigenvalue weighted by atomic mass is 9.97. The van der Waals surface area contributed by atoms with Gasteiger partial charge in [0.1, 0.15) is 24.2 Å². The van der Waals surface area contributed by atoms with E-state index in [1.165, 1.54) is 0 Å². The van der Waals surface area contributed by atoms with Gasteiger partial charge in [0, 0.05) is 12.2 Å². The van der Waals surface area contributed by atoms with E-state index in [2.05, 4.69) is 33.9 Å². The maximum Gasteiger partial charge on any atom is 0.326 e. The minimum atomic E-state index is -1.46. The molecule has 0 fully saturated rings. The average molecular weight is 576 g/mol. The van der Waals surface area contributed by atoms with Crippen LogP contribution in [0.15, 0.2) is 0 Å². The molecule has 0 unspecified atom stereocenters. The molecule has 0 saturated carbocycles. The van der Waals surface area contributed by atoms with Gasteiger partial charge in [0.15, 0.2) is 0 Å². The minimum Gasteiger partial charge on any atom is -0.481 e. The fourth-order valence-corrected chi connectivity index (χ4v) is 3.74. The summed E-state index contributed by atoms with van der Waals surface area (Å²) in [5, 5.41) is 28.3. The Labute approximate surface area is 235 Å². The molecule has 0 aromatic heterocycles. The maximum absolute atomic E-state index is 13.1. The quantitative estimate of drug-likeness (QED) is 0.102. The molecule has 13 nitrogen and oxygen atoms in total. The molecule has 0 aliphatic carbocycles. The van der Waals surface area contributed by atoms with Crippen LogP contribution in [0.4, 0.5) is 0 Å². The van der Waals surface area contributed by atoms with Crippen LogP contribution in [0.2, 0.25) is 0 Å². The van der Waals surface area contributed by atoms with Crippen molar-refractivity contribution in [3.8, 4) is 0 Å². The Hall–Kier alpha value is -2.87. The van der Waals surface area contributed by atoms with Gasteiger partial charge in [-0.3, -0.25) is 24.0 Å². The number of carbonyl (C=O) groups excluding carboxylic acids is 4. The van der Waals surface area contributed by atoms with E-state index in [9.17, 15) is 33.9 Å². The third-order valence-electron chi connectivity index (χ3n) is 6.23. The number of carboxylic acids is 2. The summed E-state index contributed by atoms with van der Waals surface area (Å²) in [5.41, 5.74) is 5.90. The lowest BCUT2D eigenvalue weighted by Crippen LogP contribution is -2.60. The molecular weight excluding hydrogens is 530 g/mol. The lowest BCUT2D eigenvalue weighted by molar-refractivity contribution is -0.143. The highest BCUT2D eigenvalue weighted by Crippen LogP contribution is 2.11. The number of rotatable bonds is 18. The summed E-state index contributed by atoms with van der Waals surface area (Å²) in [5.74, 6) is -5.95. The molecule has 0 bridgehead atoms. The zero-order valence-corrected chi connectivity index (χ0v) is 24.4. The van der Waals surface area contributed by atoms with E-state index in [-0.39, 0.29) is 30.4 Å². The fraction of sp³-hybridized carbons (Fsp3) is 0.760. The van der Waals surface area contributed by atoms with Crippen LogP contribution in [0.25, 0.3) is 0 Å². The van der Waals surface area contributed by atoms with E-state index in [4.69, 9.17) is 10.8 Å². The number of nitrogens with one attached hydrogen (secondary N) is 4. The van der Waals surface area contributed by atoms with Crippen LogP contribution in [0.1, 0.15) is 67.2 Å². The van der Waals surface area contributed by atoms with Gasteiger partial charge in [-0.15, -0.1) is 0 Å². The maximum atomic E-state index is 13.1. The highest BCUT2D eigenvalue weighted by molar-refractivity contribution is 7.80. The Kier molecular flexibility index (Phi) is 16.4. The highest BCUT2D eigenvalue weighted by Gasteiger charge is 2.33. The standard InChI is InChI=1S/C25H45N5O8S/c1-7-14(6)20(24(36)27-15(25(37)38)8-9-18(31)32)30-22(34)17(11-39)29-21(33)16(10-12(2)3)28-23(35)19(26)13(4)5/h12-17,19-20,39H,7-11,26H2,1-6H3,(H,27,36)(H,28,35)(H,29,33)(H,30,34)(H,31,32)(H,37,38)/t14-,15-,16-,17-,19-,20-/m0/s1. The van der Waals surface area contributed by atoms with Gasteiger partial charge in [0.25, 0.3) is 0 Å². The van der Waals surface area contributed by atoms with Crippen molar-refractivity contribution in [3.05, 3.63) is 0 Å². The summed E-state index contributed by atoms with van der Waals surface area (Å²) in [7, 11) is 0. The second-order valence-electron chi connectivity index (χ2n) is 10.4. The van der Waals surface area contributed by atoms with Crippen molar-refractivity contribution < 1.29 is 39.0 Å². The predicted octanol–water partition coefficient (Wildman–Crippen LogP) is -0.120. The smallest absolute Gasteiger partial charge is 0.326 e. The van der Waals surface area contributed by atoms with Crippen molar-refractivity contribution in [1.82, 2.24) is 21.3 Å². The molecule has 8 N–H and O–H groups in total. The predicted molar refractivity (Wildman–Crippen MR) is 148 cm³/mol. The molecule has 0 rings (SSSR count). The third kappa shape index (κ3) is 13.2. The number of carbonyl (C=O) groups is 6. The van der Waals surface area contributed by atoms with Crippen molar-refractivity contribution in [3.63, 3.8) is 0 Å². The van der Waals surface area contributed by atoms with Crippen molar-refractivity contribution in [1.29, 1.82) is 0 Å². The zero-order chi connectivity index (χ0) is 30.4. The molecule has 6 atom stereocenters. The molecule has 0 aromatic carbocycles. The number of thiol groups is 1. The van der Waals surface area contributed by atoms with Gasteiger partial charge in [0.05, 0.1) is 6.04 Å². The Bertz CT molecular complexity index is 869. The van der Waals surface area contributed by atoms with E-state index in [1.807, 2.05) is 13.8 Å². The normalized spacial score (nSPS) is 15.8. The largest absolute Gasteiger partial charge is 0.481 e. The monoisotopic (exact) mass is 575 g/mol. The van der Waals surface area contributed by atoms with Crippen LogP contribution < -0.4 is 27.0 Å². The van der Waals surface area contributed by atoms with Gasteiger partial charge < -0.3 is 37.2 Å². The van der Waals surface area contributed by atoms with Crippen LogP contribution in [-0.2, 0) is 28.8 Å². The molecular formula is C25H45N5O8S. The molecule has 14 heteroatoms. The van der Waals surface area contributed by atoms with Crippen molar-refractivity contribution in [2.45, 2.75) is 97.4 Å². The molecule has 0 heterocycles. The van der Waals surface area contributed by atoms with E-state index in [0.717, 1.165) is 0 Å². The van der Waals surface area contributed by atoms with E-state index < -0.39 is 78.1 Å². The number of hydrogen-bond acceptors (Lipinski definition) is 8. The summed E-state index contributed by atoms with van der Waals surface area (Å²) in [4.78, 5) is 73.9. The first-order valence-electron chi connectivity index (χ1n) is 13.1. The van der Waals surface area contributed by atoms with Crippen LogP contribution in [-0.4, -0.2) is 81.7 Å². The average Bonchev–Trinajstić information content (AvgIpc) is 2.85. The minimum absolute atomic E-state index is 0.0291. The zero-order valence-electron chi connectivity index (χ0n) is 23.5. The summed E-state index contributed by atoms with van der Waals surface area (Å²) >= 11 is 4.16. The van der Waals surface area contributed by atoms with Gasteiger partial charge in [-0.1, -0.05) is 48.0 Å². The molecule has 0 radical (unpaired) electrons. The summed E-state index contributed by atoms with van der Waals surface area (Å²) in [6.45, 7) is 10.7. The molecule has 0 aliphatic heterocycles. The van der Waals surface area contributed by atoms with Gasteiger partial charge in [-0.2, -0.15) is 12.6 Å². The Balaban J connectivity index is 5.64. The number of carboxylic acid groups (broad SMARTS) is 2. The lowest BCUT2D eigenvalue weighted by Gasteiger charge is -2.28. The molecule has 4 amide bonds. The summed E-state index contributed by atoms with van der Waals surface area (Å²) in [6.07, 6.45) is -0.0757. The molecule has 0 aliphatic rings. The van der Waals surface area contributed by atoms with Gasteiger partial charge in [-0.25, -0.2) is 4.79 Å². The second kappa shape index (κ2) is 17.7. The van der Waals surface area contributed by atoms with Gasteiger partial charge in [0.2, 0.25) is 23.6 Å².